The lowest BCUT2D eigenvalue weighted by Gasteiger charge is -2.05. The van der Waals surface area contributed by atoms with E-state index in [4.69, 9.17) is 0 Å². The Hall–Kier alpha value is -1.87. The molecule has 7 nitrogen and oxygen atoms in total. The third-order valence-electron chi connectivity index (χ3n) is 2.02. The van der Waals surface area contributed by atoms with Gasteiger partial charge in [-0.25, -0.2) is 22.9 Å². The second kappa shape index (κ2) is 4.78. The first-order valence-electron chi connectivity index (χ1n) is 4.72. The van der Waals surface area contributed by atoms with Gasteiger partial charge in [-0.3, -0.25) is 0 Å². The third kappa shape index (κ3) is 2.36. The maximum absolute atomic E-state index is 12.0. The average molecular weight is 287 g/mol. The molecule has 0 bridgehead atoms. The Morgan fingerprint density at radius 1 is 1.56 bits per heavy atom. The van der Waals surface area contributed by atoms with E-state index < -0.39 is 16.0 Å². The molecule has 2 aromatic rings. The van der Waals surface area contributed by atoms with Crippen molar-refractivity contribution in [3.63, 3.8) is 0 Å². The predicted octanol–water partition coefficient (Wildman–Crippen LogP) is 1.06. The van der Waals surface area contributed by atoms with Gasteiger partial charge in [0, 0.05) is 12.4 Å². The molecule has 9 heteroatoms. The maximum Gasteiger partial charge on any atom is 0.349 e. The molecule has 0 aliphatic rings. The number of hydrogen-bond acceptors (Lipinski definition) is 6. The molecule has 0 fully saturated rings. The van der Waals surface area contributed by atoms with E-state index in [0.717, 1.165) is 11.3 Å². The van der Waals surface area contributed by atoms with Crippen LogP contribution in [0.1, 0.15) is 9.67 Å². The van der Waals surface area contributed by atoms with Gasteiger partial charge < -0.3 is 9.72 Å². The van der Waals surface area contributed by atoms with Gasteiger partial charge in [-0.2, -0.15) is 0 Å². The molecule has 2 aromatic heterocycles. The minimum absolute atomic E-state index is 0.0246. The maximum atomic E-state index is 12.0. The van der Waals surface area contributed by atoms with E-state index in [9.17, 15) is 13.2 Å². The second-order valence-electron chi connectivity index (χ2n) is 3.15. The van der Waals surface area contributed by atoms with Crippen molar-refractivity contribution < 1.29 is 17.9 Å². The predicted molar refractivity (Wildman–Crippen MR) is 65.1 cm³/mol. The number of nitrogens with one attached hydrogen (secondary N) is 2. The van der Waals surface area contributed by atoms with Crippen molar-refractivity contribution in [1.82, 2.24) is 9.97 Å². The van der Waals surface area contributed by atoms with Crippen LogP contribution in [0.3, 0.4) is 0 Å². The summed E-state index contributed by atoms with van der Waals surface area (Å²) in [5.41, 5.74) is 0. The average Bonchev–Trinajstić information content (AvgIpc) is 2.97. The fourth-order valence-electron chi connectivity index (χ4n) is 1.25. The molecule has 0 amide bonds. The number of methoxy groups -OCH3 is 1. The fourth-order valence-corrected chi connectivity index (χ4v) is 3.57. The van der Waals surface area contributed by atoms with Crippen LogP contribution in [0.5, 0.6) is 0 Å². The SMILES string of the molecule is COC(=O)c1sccc1S(=O)(=O)Nc1ncc[nH]1. The first kappa shape index (κ1) is 12.6. The summed E-state index contributed by atoms with van der Waals surface area (Å²) in [5.74, 6) is -0.609. The van der Waals surface area contributed by atoms with Gasteiger partial charge in [-0.15, -0.1) is 11.3 Å². The Kier molecular flexibility index (Phi) is 3.34. The molecule has 0 unspecified atom stereocenters. The second-order valence-corrected chi connectivity index (χ2v) is 5.72. The summed E-state index contributed by atoms with van der Waals surface area (Å²) in [6.07, 6.45) is 2.89. The molecule has 0 aromatic carbocycles. The highest BCUT2D eigenvalue weighted by atomic mass is 32.2. The molecule has 96 valence electrons. The molecule has 2 rings (SSSR count). The molecule has 2 N–H and O–H groups in total. The van der Waals surface area contributed by atoms with Crippen LogP contribution in [0.2, 0.25) is 0 Å². The number of sulfonamides is 1. The molecule has 0 spiro atoms. The van der Waals surface area contributed by atoms with E-state index in [1.54, 1.807) is 0 Å². The Balaban J connectivity index is 2.36. The van der Waals surface area contributed by atoms with E-state index in [0.29, 0.717) is 0 Å². The van der Waals surface area contributed by atoms with Crippen LogP contribution in [0.25, 0.3) is 0 Å². The zero-order chi connectivity index (χ0) is 13.2. The molecule has 0 saturated heterocycles. The molecular formula is C9H9N3O4S2. The molecular weight excluding hydrogens is 278 g/mol. The van der Waals surface area contributed by atoms with E-state index in [-0.39, 0.29) is 15.7 Å². The van der Waals surface area contributed by atoms with Gasteiger partial charge in [0.15, 0.2) is 0 Å². The van der Waals surface area contributed by atoms with E-state index in [1.807, 2.05) is 0 Å². The van der Waals surface area contributed by atoms with Crippen molar-refractivity contribution in [2.45, 2.75) is 4.90 Å². The highest BCUT2D eigenvalue weighted by Crippen LogP contribution is 2.24. The lowest BCUT2D eigenvalue weighted by molar-refractivity contribution is 0.0602. The van der Waals surface area contributed by atoms with Gasteiger partial charge in [-0.1, -0.05) is 0 Å². The largest absolute Gasteiger partial charge is 0.465 e. The zero-order valence-electron chi connectivity index (χ0n) is 9.21. The standard InChI is InChI=1S/C9H9N3O4S2/c1-16-8(13)7-6(2-5-17-7)18(14,15)12-9-10-3-4-11-9/h2-5H,1H3,(H2,10,11,12). The monoisotopic (exact) mass is 287 g/mol. The number of imidazole rings is 1. The molecule has 0 saturated carbocycles. The van der Waals surface area contributed by atoms with Gasteiger partial charge in [0.05, 0.1) is 7.11 Å². The van der Waals surface area contributed by atoms with Crippen molar-refractivity contribution in [2.24, 2.45) is 0 Å². The molecule has 18 heavy (non-hydrogen) atoms. The van der Waals surface area contributed by atoms with Crippen LogP contribution in [0.4, 0.5) is 5.95 Å². The fraction of sp³-hybridized carbons (Fsp3) is 0.111. The number of aromatic amines is 1. The van der Waals surface area contributed by atoms with E-state index in [2.05, 4.69) is 19.4 Å². The topological polar surface area (TPSA) is 101 Å². The lowest BCUT2D eigenvalue weighted by atomic mass is 10.5. The van der Waals surface area contributed by atoms with Crippen molar-refractivity contribution in [3.05, 3.63) is 28.7 Å². The summed E-state index contributed by atoms with van der Waals surface area (Å²) < 4.78 is 30.8. The van der Waals surface area contributed by atoms with Gasteiger partial charge in [0.1, 0.15) is 9.77 Å². The quantitative estimate of drug-likeness (QED) is 0.819. The summed E-state index contributed by atoms with van der Waals surface area (Å²) in [5, 5.41) is 1.50. The highest BCUT2D eigenvalue weighted by Gasteiger charge is 2.25. The summed E-state index contributed by atoms with van der Waals surface area (Å²) in [6.45, 7) is 0. The minimum Gasteiger partial charge on any atom is -0.465 e. The number of hydrogen-bond donors (Lipinski definition) is 2. The summed E-state index contributed by atoms with van der Waals surface area (Å²) in [6, 6.07) is 1.34. The van der Waals surface area contributed by atoms with Gasteiger partial charge in [0.2, 0.25) is 5.95 Å². The number of carbonyl (C=O) groups is 1. The van der Waals surface area contributed by atoms with Crippen molar-refractivity contribution in [3.8, 4) is 0 Å². The molecule has 0 radical (unpaired) electrons. The summed E-state index contributed by atoms with van der Waals surface area (Å²) in [4.78, 5) is 17.7. The smallest absolute Gasteiger partial charge is 0.349 e. The Labute approximate surface area is 107 Å². The van der Waals surface area contributed by atoms with E-state index in [1.165, 1.54) is 30.9 Å². The number of H-pyrrole nitrogens is 1. The number of rotatable bonds is 4. The van der Waals surface area contributed by atoms with Crippen molar-refractivity contribution >= 4 is 33.3 Å². The number of esters is 1. The first-order chi connectivity index (χ1) is 8.54. The molecule has 2 heterocycles. The number of anilines is 1. The summed E-state index contributed by atoms with van der Waals surface area (Å²) >= 11 is 0.997. The number of aromatic nitrogens is 2. The number of carbonyl (C=O) groups excluding carboxylic acids is 1. The molecule has 0 aliphatic heterocycles. The van der Waals surface area contributed by atoms with Crippen LogP contribution in [0, 0.1) is 0 Å². The Morgan fingerprint density at radius 3 is 2.94 bits per heavy atom. The molecule has 0 atom stereocenters. The van der Waals surface area contributed by atoms with Crippen LogP contribution in [-0.2, 0) is 14.8 Å². The Bertz CT molecular complexity index is 645. The summed E-state index contributed by atoms with van der Waals surface area (Å²) in [7, 11) is -2.67. The normalized spacial score (nSPS) is 11.2. The number of nitrogens with zero attached hydrogens (tertiary/aromatic N) is 1. The van der Waals surface area contributed by atoms with Crippen LogP contribution in [0.15, 0.2) is 28.7 Å². The van der Waals surface area contributed by atoms with Crippen molar-refractivity contribution in [1.29, 1.82) is 0 Å². The van der Waals surface area contributed by atoms with Crippen LogP contribution >= 0.6 is 11.3 Å². The van der Waals surface area contributed by atoms with Gasteiger partial charge in [0.25, 0.3) is 10.0 Å². The van der Waals surface area contributed by atoms with Gasteiger partial charge >= 0.3 is 5.97 Å². The van der Waals surface area contributed by atoms with E-state index >= 15 is 0 Å². The van der Waals surface area contributed by atoms with Gasteiger partial charge in [-0.05, 0) is 11.4 Å². The number of ether oxygens (including phenoxy) is 1. The van der Waals surface area contributed by atoms with Crippen LogP contribution < -0.4 is 4.72 Å². The van der Waals surface area contributed by atoms with Crippen molar-refractivity contribution in [2.75, 3.05) is 11.8 Å². The molecule has 0 aliphatic carbocycles. The lowest BCUT2D eigenvalue weighted by Crippen LogP contribution is -2.16. The minimum atomic E-state index is -3.86. The third-order valence-corrected chi connectivity index (χ3v) is 4.42. The number of thiophene rings is 1. The highest BCUT2D eigenvalue weighted by molar-refractivity contribution is 7.93. The Morgan fingerprint density at radius 2 is 2.33 bits per heavy atom. The first-order valence-corrected chi connectivity index (χ1v) is 7.09. The van der Waals surface area contributed by atoms with Crippen LogP contribution in [-0.4, -0.2) is 31.5 Å². The zero-order valence-corrected chi connectivity index (χ0v) is 10.8.